The lowest BCUT2D eigenvalue weighted by Gasteiger charge is -2.21. The van der Waals surface area contributed by atoms with Crippen LogP contribution < -0.4 is 9.47 Å². The molecule has 1 amide bonds. The number of nitrogens with zero attached hydrogens (tertiary/aromatic N) is 3. The Hall–Kier alpha value is -3.14. The maximum Gasteiger partial charge on any atom is 0.406 e. The highest BCUT2D eigenvalue weighted by Gasteiger charge is 2.31. The Morgan fingerprint density at radius 3 is 2.41 bits per heavy atom. The van der Waals surface area contributed by atoms with Crippen molar-refractivity contribution in [2.24, 2.45) is 0 Å². The molecule has 0 aliphatic rings. The first-order chi connectivity index (χ1) is 16.3. The van der Waals surface area contributed by atoms with Crippen LogP contribution in [0.1, 0.15) is 12.5 Å². The van der Waals surface area contributed by atoms with Gasteiger partial charge in [-0.2, -0.15) is 13.2 Å². The number of alkyl halides is 3. The van der Waals surface area contributed by atoms with E-state index < -0.39 is 12.7 Å². The monoisotopic (exact) mass is 493 g/mol. The third kappa shape index (κ3) is 6.47. The van der Waals surface area contributed by atoms with Crippen LogP contribution >= 0.6 is 11.8 Å². The smallest absolute Gasteiger partial charge is 0.406 e. The van der Waals surface area contributed by atoms with Crippen LogP contribution in [-0.2, 0) is 17.9 Å². The number of hydrogen-bond acceptors (Lipinski definition) is 5. The minimum absolute atomic E-state index is 0.0375. The van der Waals surface area contributed by atoms with Crippen molar-refractivity contribution < 1.29 is 27.4 Å². The molecule has 0 aliphatic carbocycles. The molecule has 0 bridgehead atoms. The fraction of sp³-hybridized carbons (Fsp3) is 0.333. The molecular formula is C24H26F3N3O3S. The molecule has 3 rings (SSSR count). The zero-order valence-corrected chi connectivity index (χ0v) is 19.9. The topological polar surface area (TPSA) is 56.6 Å². The summed E-state index contributed by atoms with van der Waals surface area (Å²) in [6.07, 6.45) is -3.01. The molecule has 3 aromatic rings. The van der Waals surface area contributed by atoms with Crippen molar-refractivity contribution in [1.29, 1.82) is 0 Å². The van der Waals surface area contributed by atoms with Crippen LogP contribution in [0, 0.1) is 0 Å². The number of imidazole rings is 1. The number of ether oxygens (including phenoxy) is 2. The number of carbonyl (C=O) groups is 1. The molecule has 182 valence electrons. The molecule has 0 saturated heterocycles. The lowest BCUT2D eigenvalue weighted by molar-refractivity contribution is -0.141. The van der Waals surface area contributed by atoms with Gasteiger partial charge in [-0.15, -0.1) is 0 Å². The second-order valence-electron chi connectivity index (χ2n) is 7.38. The molecule has 10 heteroatoms. The van der Waals surface area contributed by atoms with Crippen molar-refractivity contribution in [3.63, 3.8) is 0 Å². The summed E-state index contributed by atoms with van der Waals surface area (Å²) in [4.78, 5) is 18.7. The Morgan fingerprint density at radius 2 is 1.79 bits per heavy atom. The first kappa shape index (κ1) is 25.5. The molecule has 1 heterocycles. The predicted octanol–water partition coefficient (Wildman–Crippen LogP) is 5.27. The summed E-state index contributed by atoms with van der Waals surface area (Å²) >= 11 is 0.995. The Balaban J connectivity index is 1.74. The molecule has 0 spiro atoms. The van der Waals surface area contributed by atoms with E-state index >= 15 is 0 Å². The van der Waals surface area contributed by atoms with Crippen molar-refractivity contribution in [2.75, 3.05) is 26.5 Å². The summed E-state index contributed by atoms with van der Waals surface area (Å²) in [5, 5.41) is 0.145. The number of hydrogen-bond donors (Lipinski definition) is 0. The second-order valence-corrected chi connectivity index (χ2v) is 8.32. The highest BCUT2D eigenvalue weighted by atomic mass is 32.2. The van der Waals surface area contributed by atoms with Gasteiger partial charge < -0.3 is 18.9 Å². The number of benzene rings is 2. The SMILES string of the molecule is CCN(Cc1ccc(OC)c(OC)c1)C(=O)CSc1ncc(-c2ccccc2)n1CC(F)(F)F. The highest BCUT2D eigenvalue weighted by molar-refractivity contribution is 7.99. The van der Waals surface area contributed by atoms with Gasteiger partial charge >= 0.3 is 6.18 Å². The maximum absolute atomic E-state index is 13.3. The third-order valence-corrected chi connectivity index (χ3v) is 6.08. The molecular weight excluding hydrogens is 467 g/mol. The Morgan fingerprint density at radius 1 is 1.09 bits per heavy atom. The minimum atomic E-state index is -4.42. The number of rotatable bonds is 10. The number of halogens is 3. The zero-order chi connectivity index (χ0) is 24.7. The van der Waals surface area contributed by atoms with Gasteiger partial charge in [0.05, 0.1) is 31.9 Å². The number of carbonyl (C=O) groups excluding carboxylic acids is 1. The van der Waals surface area contributed by atoms with Gasteiger partial charge in [0.15, 0.2) is 16.7 Å². The predicted molar refractivity (Wildman–Crippen MR) is 125 cm³/mol. The van der Waals surface area contributed by atoms with Gasteiger partial charge in [0.25, 0.3) is 0 Å². The summed E-state index contributed by atoms with van der Waals surface area (Å²) in [6, 6.07) is 14.2. The van der Waals surface area contributed by atoms with Crippen molar-refractivity contribution >= 4 is 17.7 Å². The lowest BCUT2D eigenvalue weighted by Crippen LogP contribution is -2.32. The number of aromatic nitrogens is 2. The standard InChI is InChI=1S/C24H26F3N3O3S/c1-4-29(14-17-10-11-20(32-2)21(12-17)33-3)22(31)15-34-23-28-13-19(18-8-6-5-7-9-18)30(23)16-24(25,26)27/h5-13H,4,14-16H2,1-3H3. The Kier molecular flexibility index (Phi) is 8.49. The summed E-state index contributed by atoms with van der Waals surface area (Å²) < 4.78 is 51.5. The van der Waals surface area contributed by atoms with E-state index in [2.05, 4.69) is 4.98 Å². The van der Waals surface area contributed by atoms with Crippen LogP contribution in [0.15, 0.2) is 59.9 Å². The first-order valence-corrected chi connectivity index (χ1v) is 11.5. The summed E-state index contributed by atoms with van der Waals surface area (Å²) in [5.41, 5.74) is 1.83. The van der Waals surface area contributed by atoms with E-state index in [1.54, 1.807) is 54.5 Å². The highest BCUT2D eigenvalue weighted by Crippen LogP contribution is 2.31. The van der Waals surface area contributed by atoms with Gasteiger partial charge in [0.2, 0.25) is 5.91 Å². The van der Waals surface area contributed by atoms with E-state index in [-0.39, 0.29) is 16.8 Å². The van der Waals surface area contributed by atoms with E-state index in [0.29, 0.717) is 35.8 Å². The normalized spacial score (nSPS) is 11.4. The molecule has 1 aromatic heterocycles. The molecule has 0 fully saturated rings. The quantitative estimate of drug-likeness (QED) is 0.360. The Bertz CT molecular complexity index is 1100. The summed E-state index contributed by atoms with van der Waals surface area (Å²) in [5.74, 6) is 0.900. The van der Waals surface area contributed by atoms with Crippen LogP contribution in [0.3, 0.4) is 0 Å². The van der Waals surface area contributed by atoms with Gasteiger partial charge in [0, 0.05) is 13.1 Å². The van der Waals surface area contributed by atoms with Gasteiger partial charge in [0.1, 0.15) is 6.54 Å². The molecule has 0 N–H and O–H groups in total. The van der Waals surface area contributed by atoms with Crippen LogP contribution in [0.2, 0.25) is 0 Å². The van der Waals surface area contributed by atoms with Crippen molar-refractivity contribution in [2.45, 2.75) is 31.3 Å². The van der Waals surface area contributed by atoms with Crippen LogP contribution in [0.25, 0.3) is 11.3 Å². The van der Waals surface area contributed by atoms with Gasteiger partial charge in [-0.1, -0.05) is 48.2 Å². The fourth-order valence-electron chi connectivity index (χ4n) is 3.44. The van der Waals surface area contributed by atoms with Crippen molar-refractivity contribution in [3.8, 4) is 22.8 Å². The molecule has 0 aliphatic heterocycles. The largest absolute Gasteiger partial charge is 0.493 e. The molecule has 0 radical (unpaired) electrons. The third-order valence-electron chi connectivity index (χ3n) is 5.11. The first-order valence-electron chi connectivity index (χ1n) is 10.5. The molecule has 34 heavy (non-hydrogen) atoms. The molecule has 0 saturated carbocycles. The molecule has 2 aromatic carbocycles. The summed E-state index contributed by atoms with van der Waals surface area (Å²) in [7, 11) is 3.08. The minimum Gasteiger partial charge on any atom is -0.493 e. The van der Waals surface area contributed by atoms with Crippen LogP contribution in [0.4, 0.5) is 13.2 Å². The Labute approximate surface area is 200 Å². The van der Waals surface area contributed by atoms with Gasteiger partial charge in [-0.05, 0) is 30.2 Å². The average Bonchev–Trinajstić information content (AvgIpc) is 3.21. The van der Waals surface area contributed by atoms with E-state index in [9.17, 15) is 18.0 Å². The van der Waals surface area contributed by atoms with Crippen LogP contribution in [0.5, 0.6) is 11.5 Å². The summed E-state index contributed by atoms with van der Waals surface area (Å²) in [6.45, 7) is 1.45. The fourth-order valence-corrected chi connectivity index (χ4v) is 4.32. The number of methoxy groups -OCH3 is 2. The van der Waals surface area contributed by atoms with E-state index in [4.69, 9.17) is 9.47 Å². The van der Waals surface area contributed by atoms with Gasteiger partial charge in [-0.3, -0.25) is 4.79 Å². The number of thioether (sulfide) groups is 1. The molecule has 0 atom stereocenters. The van der Waals surface area contributed by atoms with Gasteiger partial charge in [-0.25, -0.2) is 4.98 Å². The number of amides is 1. The molecule has 0 unspecified atom stereocenters. The van der Waals surface area contributed by atoms with E-state index in [1.165, 1.54) is 13.3 Å². The lowest BCUT2D eigenvalue weighted by atomic mass is 10.2. The maximum atomic E-state index is 13.3. The van der Waals surface area contributed by atoms with Crippen molar-refractivity contribution in [3.05, 3.63) is 60.3 Å². The van der Waals surface area contributed by atoms with Crippen LogP contribution in [-0.4, -0.2) is 53.1 Å². The zero-order valence-electron chi connectivity index (χ0n) is 19.1. The molecule has 6 nitrogen and oxygen atoms in total. The second kappa shape index (κ2) is 11.3. The van der Waals surface area contributed by atoms with Crippen molar-refractivity contribution in [1.82, 2.24) is 14.5 Å². The average molecular weight is 494 g/mol. The van der Waals surface area contributed by atoms with E-state index in [0.717, 1.165) is 21.9 Å². The van der Waals surface area contributed by atoms with E-state index in [1.807, 2.05) is 13.0 Å².